The molecule has 0 N–H and O–H groups in total. The molecule has 3 nitrogen and oxygen atoms in total. The lowest BCUT2D eigenvalue weighted by atomic mass is 9.97. The third kappa shape index (κ3) is 3.34. The molecule has 22 heavy (non-hydrogen) atoms. The lowest BCUT2D eigenvalue weighted by molar-refractivity contribution is 0.0924. The molecule has 4 heteroatoms. The Morgan fingerprint density at radius 2 is 1.82 bits per heavy atom. The second-order valence-corrected chi connectivity index (χ2v) is 6.00. The van der Waals surface area contributed by atoms with Gasteiger partial charge in [0.05, 0.1) is 6.33 Å². The van der Waals surface area contributed by atoms with Crippen LogP contribution < -0.4 is 0 Å². The van der Waals surface area contributed by atoms with Crippen molar-refractivity contribution in [1.82, 2.24) is 9.55 Å². The van der Waals surface area contributed by atoms with Gasteiger partial charge in [-0.05, 0) is 17.7 Å². The largest absolute Gasteiger partial charge is 0.326 e. The molecule has 3 rings (SSSR count). The van der Waals surface area contributed by atoms with E-state index in [9.17, 15) is 4.79 Å². The zero-order valence-corrected chi connectivity index (χ0v) is 13.5. The number of aromatic nitrogens is 2. The van der Waals surface area contributed by atoms with Gasteiger partial charge in [0.15, 0.2) is 5.78 Å². The summed E-state index contributed by atoms with van der Waals surface area (Å²) in [6, 6.07) is 17.2. The first-order valence-corrected chi connectivity index (χ1v) is 7.84. The van der Waals surface area contributed by atoms with Crippen LogP contribution in [0.4, 0.5) is 0 Å². The molecule has 1 unspecified atom stereocenters. The lowest BCUT2D eigenvalue weighted by Crippen LogP contribution is -2.21. The van der Waals surface area contributed by atoms with Gasteiger partial charge in [-0.15, -0.1) is 0 Å². The van der Waals surface area contributed by atoms with E-state index in [0.717, 1.165) is 10.0 Å². The fourth-order valence-electron chi connectivity index (χ4n) is 2.43. The standard InChI is InChI=1S/C18H15BrN2O/c19-16-8-6-15(7-9-16)18(22)17(21-11-10-20-13-21)12-14-4-2-1-3-5-14/h1-11,13,17H,12H2. The van der Waals surface area contributed by atoms with Crippen LogP contribution in [0.2, 0.25) is 0 Å². The van der Waals surface area contributed by atoms with Gasteiger partial charge in [0.1, 0.15) is 6.04 Å². The highest BCUT2D eigenvalue weighted by molar-refractivity contribution is 9.10. The van der Waals surface area contributed by atoms with Gasteiger partial charge in [0.2, 0.25) is 0 Å². The number of hydrogen-bond acceptors (Lipinski definition) is 2. The number of benzene rings is 2. The molecule has 0 bridgehead atoms. The maximum atomic E-state index is 12.9. The van der Waals surface area contributed by atoms with Crippen molar-refractivity contribution in [3.63, 3.8) is 0 Å². The topological polar surface area (TPSA) is 34.9 Å². The number of imidazole rings is 1. The predicted molar refractivity (Wildman–Crippen MR) is 89.9 cm³/mol. The lowest BCUT2D eigenvalue weighted by Gasteiger charge is -2.17. The summed E-state index contributed by atoms with van der Waals surface area (Å²) in [6.45, 7) is 0. The SMILES string of the molecule is O=C(c1ccc(Br)cc1)C(Cc1ccccc1)n1ccnc1. The fraction of sp³-hybridized carbons (Fsp3) is 0.111. The number of nitrogens with zero attached hydrogens (tertiary/aromatic N) is 2. The molecule has 1 atom stereocenters. The zero-order valence-electron chi connectivity index (χ0n) is 11.9. The molecule has 0 aliphatic heterocycles. The first-order valence-electron chi connectivity index (χ1n) is 7.05. The van der Waals surface area contributed by atoms with Crippen molar-refractivity contribution in [3.05, 3.63) is 88.9 Å². The monoisotopic (exact) mass is 354 g/mol. The van der Waals surface area contributed by atoms with E-state index in [-0.39, 0.29) is 11.8 Å². The molecule has 0 fully saturated rings. The Bertz CT molecular complexity index is 737. The summed E-state index contributed by atoms with van der Waals surface area (Å²) in [5, 5.41) is 0. The highest BCUT2D eigenvalue weighted by Gasteiger charge is 2.21. The minimum Gasteiger partial charge on any atom is -0.326 e. The van der Waals surface area contributed by atoms with Gasteiger partial charge >= 0.3 is 0 Å². The minimum absolute atomic E-state index is 0.0920. The molecular weight excluding hydrogens is 340 g/mol. The summed E-state index contributed by atoms with van der Waals surface area (Å²) >= 11 is 3.40. The average Bonchev–Trinajstić information content (AvgIpc) is 3.08. The first-order chi connectivity index (χ1) is 10.7. The van der Waals surface area contributed by atoms with E-state index >= 15 is 0 Å². The van der Waals surface area contributed by atoms with E-state index in [1.165, 1.54) is 0 Å². The van der Waals surface area contributed by atoms with Gasteiger partial charge in [0, 0.05) is 28.9 Å². The summed E-state index contributed by atoms with van der Waals surface area (Å²) in [5.41, 5.74) is 1.84. The molecule has 1 heterocycles. The van der Waals surface area contributed by atoms with Gasteiger partial charge in [-0.2, -0.15) is 0 Å². The predicted octanol–water partition coefficient (Wildman–Crippen LogP) is 4.31. The fourth-order valence-corrected chi connectivity index (χ4v) is 2.70. The number of ketones is 1. The van der Waals surface area contributed by atoms with Crippen LogP contribution in [0, 0.1) is 0 Å². The Morgan fingerprint density at radius 3 is 2.45 bits per heavy atom. The minimum atomic E-state index is -0.286. The summed E-state index contributed by atoms with van der Waals surface area (Å²) in [6.07, 6.45) is 5.88. The molecule has 0 saturated heterocycles. The maximum Gasteiger partial charge on any atom is 0.185 e. The highest BCUT2D eigenvalue weighted by Crippen LogP contribution is 2.21. The zero-order chi connectivity index (χ0) is 15.4. The molecular formula is C18H15BrN2O. The van der Waals surface area contributed by atoms with Crippen LogP contribution in [-0.4, -0.2) is 15.3 Å². The summed E-state index contributed by atoms with van der Waals surface area (Å²) in [7, 11) is 0. The van der Waals surface area contributed by atoms with Crippen LogP contribution in [0.15, 0.2) is 77.8 Å². The van der Waals surface area contributed by atoms with Gasteiger partial charge in [-0.1, -0.05) is 58.4 Å². The van der Waals surface area contributed by atoms with Crippen molar-refractivity contribution >= 4 is 21.7 Å². The Kier molecular flexibility index (Phi) is 4.49. The number of carbonyl (C=O) groups excluding carboxylic acids is 1. The van der Waals surface area contributed by atoms with Crippen LogP contribution in [0.3, 0.4) is 0 Å². The van der Waals surface area contributed by atoms with Crippen molar-refractivity contribution in [2.75, 3.05) is 0 Å². The average molecular weight is 355 g/mol. The van der Waals surface area contributed by atoms with E-state index in [0.29, 0.717) is 12.0 Å². The van der Waals surface area contributed by atoms with Crippen molar-refractivity contribution in [3.8, 4) is 0 Å². The number of halogens is 1. The molecule has 2 aromatic carbocycles. The molecule has 3 aromatic rings. The second-order valence-electron chi connectivity index (χ2n) is 5.09. The number of Topliss-reactive ketones (excluding diaryl/α,β-unsaturated/α-hetero) is 1. The van der Waals surface area contributed by atoms with Crippen LogP contribution >= 0.6 is 15.9 Å². The maximum absolute atomic E-state index is 12.9. The van der Waals surface area contributed by atoms with E-state index in [4.69, 9.17) is 0 Å². The van der Waals surface area contributed by atoms with Crippen molar-refractivity contribution in [2.45, 2.75) is 12.5 Å². The molecule has 1 aromatic heterocycles. The van der Waals surface area contributed by atoms with Crippen molar-refractivity contribution in [2.24, 2.45) is 0 Å². The number of carbonyl (C=O) groups is 1. The van der Waals surface area contributed by atoms with Crippen LogP contribution in [0.25, 0.3) is 0 Å². The van der Waals surface area contributed by atoms with Gasteiger partial charge < -0.3 is 4.57 Å². The molecule has 110 valence electrons. The first kappa shape index (κ1) is 14.7. The molecule has 0 amide bonds. The Labute approximate surface area is 137 Å². The van der Waals surface area contributed by atoms with Crippen LogP contribution in [0.1, 0.15) is 22.0 Å². The van der Waals surface area contributed by atoms with Crippen molar-refractivity contribution < 1.29 is 4.79 Å². The smallest absolute Gasteiger partial charge is 0.185 e. The molecule has 0 aliphatic carbocycles. The molecule has 0 spiro atoms. The normalized spacial score (nSPS) is 12.0. The molecule has 0 aliphatic rings. The third-order valence-electron chi connectivity index (χ3n) is 3.59. The molecule has 0 saturated carbocycles. The second kappa shape index (κ2) is 6.71. The number of rotatable bonds is 5. The Morgan fingerprint density at radius 1 is 1.09 bits per heavy atom. The number of hydrogen-bond donors (Lipinski definition) is 0. The summed E-state index contributed by atoms with van der Waals surface area (Å²) in [5.74, 6) is 0.0920. The van der Waals surface area contributed by atoms with E-state index in [2.05, 4.69) is 20.9 Å². The van der Waals surface area contributed by atoms with Gasteiger partial charge in [-0.3, -0.25) is 4.79 Å². The Balaban J connectivity index is 1.91. The van der Waals surface area contributed by atoms with E-state index < -0.39 is 0 Å². The van der Waals surface area contributed by atoms with E-state index in [1.807, 2.05) is 65.4 Å². The summed E-state index contributed by atoms with van der Waals surface area (Å²) < 4.78 is 2.84. The van der Waals surface area contributed by atoms with Crippen LogP contribution in [-0.2, 0) is 6.42 Å². The van der Waals surface area contributed by atoms with Gasteiger partial charge in [0.25, 0.3) is 0 Å². The van der Waals surface area contributed by atoms with Crippen LogP contribution in [0.5, 0.6) is 0 Å². The van der Waals surface area contributed by atoms with Crippen molar-refractivity contribution in [1.29, 1.82) is 0 Å². The summed E-state index contributed by atoms with van der Waals surface area (Å²) in [4.78, 5) is 17.0. The highest BCUT2D eigenvalue weighted by atomic mass is 79.9. The Hall–Kier alpha value is -2.20. The molecule has 0 radical (unpaired) electrons. The third-order valence-corrected chi connectivity index (χ3v) is 4.12. The quantitative estimate of drug-likeness (QED) is 0.639. The van der Waals surface area contributed by atoms with Gasteiger partial charge in [-0.25, -0.2) is 4.98 Å². The van der Waals surface area contributed by atoms with E-state index in [1.54, 1.807) is 12.5 Å².